The van der Waals surface area contributed by atoms with E-state index in [1.54, 1.807) is 0 Å². The molecule has 0 unspecified atom stereocenters. The van der Waals surface area contributed by atoms with Gasteiger partial charge in [0.1, 0.15) is 0 Å². The first-order chi connectivity index (χ1) is 11.6. The van der Waals surface area contributed by atoms with Gasteiger partial charge < -0.3 is 14.9 Å². The molecule has 0 aromatic heterocycles. The van der Waals surface area contributed by atoms with E-state index in [0.717, 1.165) is 49.6 Å². The monoisotopic (exact) mass is 330 g/mol. The first-order valence-electron chi connectivity index (χ1n) is 9.42. The summed E-state index contributed by atoms with van der Waals surface area (Å²) in [7, 11) is 0. The Morgan fingerprint density at radius 2 is 2.17 bits per heavy atom. The Morgan fingerprint density at radius 1 is 1.33 bits per heavy atom. The SMILES string of the molecule is CCC(=O)N1CCCc2cc([C@H](O)CN3CCC[C@@H](C)C3)ccc21. The fourth-order valence-electron chi connectivity index (χ4n) is 4.08. The summed E-state index contributed by atoms with van der Waals surface area (Å²) in [5.41, 5.74) is 3.22. The van der Waals surface area contributed by atoms with Crippen LogP contribution < -0.4 is 4.90 Å². The van der Waals surface area contributed by atoms with Crippen LogP contribution in [0, 0.1) is 5.92 Å². The van der Waals surface area contributed by atoms with Gasteiger partial charge in [0.15, 0.2) is 0 Å². The van der Waals surface area contributed by atoms with E-state index in [-0.39, 0.29) is 5.91 Å². The topological polar surface area (TPSA) is 43.8 Å². The summed E-state index contributed by atoms with van der Waals surface area (Å²) in [6.45, 7) is 7.89. The van der Waals surface area contributed by atoms with Crippen LogP contribution in [0.3, 0.4) is 0 Å². The lowest BCUT2D eigenvalue weighted by atomic mass is 9.96. The molecule has 1 aromatic rings. The van der Waals surface area contributed by atoms with E-state index >= 15 is 0 Å². The smallest absolute Gasteiger partial charge is 0.226 e. The third-order valence-electron chi connectivity index (χ3n) is 5.38. The minimum Gasteiger partial charge on any atom is -0.387 e. The molecule has 0 spiro atoms. The van der Waals surface area contributed by atoms with Gasteiger partial charge in [0.2, 0.25) is 5.91 Å². The van der Waals surface area contributed by atoms with Crippen molar-refractivity contribution in [3.63, 3.8) is 0 Å². The van der Waals surface area contributed by atoms with Crippen molar-refractivity contribution < 1.29 is 9.90 Å². The van der Waals surface area contributed by atoms with Gasteiger partial charge in [0, 0.05) is 31.7 Å². The van der Waals surface area contributed by atoms with Crippen LogP contribution in [0.2, 0.25) is 0 Å². The molecule has 1 amide bonds. The lowest BCUT2D eigenvalue weighted by Crippen LogP contribution is -2.37. The molecule has 0 bridgehead atoms. The van der Waals surface area contributed by atoms with Gasteiger partial charge in [0.05, 0.1) is 6.10 Å². The number of hydrogen-bond acceptors (Lipinski definition) is 3. The molecule has 0 aliphatic carbocycles. The van der Waals surface area contributed by atoms with Gasteiger partial charge in [-0.15, -0.1) is 0 Å². The Labute approximate surface area is 145 Å². The number of anilines is 1. The third-order valence-corrected chi connectivity index (χ3v) is 5.38. The van der Waals surface area contributed by atoms with E-state index in [1.165, 1.54) is 18.4 Å². The van der Waals surface area contributed by atoms with Crippen molar-refractivity contribution in [1.82, 2.24) is 4.90 Å². The number of carbonyl (C=O) groups is 1. The van der Waals surface area contributed by atoms with Crippen LogP contribution in [0.5, 0.6) is 0 Å². The molecule has 24 heavy (non-hydrogen) atoms. The van der Waals surface area contributed by atoms with Gasteiger partial charge >= 0.3 is 0 Å². The zero-order valence-electron chi connectivity index (χ0n) is 15.0. The first-order valence-corrected chi connectivity index (χ1v) is 9.42. The minimum atomic E-state index is -0.446. The van der Waals surface area contributed by atoms with Crippen molar-refractivity contribution in [2.24, 2.45) is 5.92 Å². The molecular weight excluding hydrogens is 300 g/mol. The molecule has 1 aromatic carbocycles. The maximum Gasteiger partial charge on any atom is 0.226 e. The number of aliphatic hydroxyl groups is 1. The number of aryl methyl sites for hydroxylation is 1. The second kappa shape index (κ2) is 7.66. The molecule has 3 rings (SSSR count). The van der Waals surface area contributed by atoms with E-state index in [1.807, 2.05) is 24.0 Å². The molecule has 2 heterocycles. The molecular formula is C20H30N2O2. The summed E-state index contributed by atoms with van der Waals surface area (Å²) >= 11 is 0. The average Bonchev–Trinajstić information content (AvgIpc) is 2.60. The number of nitrogens with zero attached hydrogens (tertiary/aromatic N) is 2. The molecule has 132 valence electrons. The van der Waals surface area contributed by atoms with Gasteiger partial charge in [-0.1, -0.05) is 26.0 Å². The number of amides is 1. The normalized spacial score (nSPS) is 23.0. The van der Waals surface area contributed by atoms with Crippen LogP contribution in [0.25, 0.3) is 0 Å². The summed E-state index contributed by atoms with van der Waals surface area (Å²) < 4.78 is 0. The lowest BCUT2D eigenvalue weighted by molar-refractivity contribution is -0.118. The van der Waals surface area contributed by atoms with Crippen LogP contribution in [0.1, 0.15) is 56.8 Å². The minimum absolute atomic E-state index is 0.187. The van der Waals surface area contributed by atoms with Crippen LogP contribution in [0.4, 0.5) is 5.69 Å². The summed E-state index contributed by atoms with van der Waals surface area (Å²) in [5.74, 6) is 0.912. The molecule has 0 radical (unpaired) electrons. The first kappa shape index (κ1) is 17.4. The van der Waals surface area contributed by atoms with Crippen LogP contribution in [-0.4, -0.2) is 42.1 Å². The Balaban J connectivity index is 1.72. The van der Waals surface area contributed by atoms with Crippen LogP contribution in [-0.2, 0) is 11.2 Å². The predicted octanol–water partition coefficient (Wildman–Crippen LogP) is 3.14. The standard InChI is InChI=1S/C20H30N2O2/c1-3-20(24)22-11-5-7-16-12-17(8-9-18(16)22)19(23)14-21-10-4-6-15(2)13-21/h8-9,12,15,19,23H,3-7,10-11,13-14H2,1-2H3/t15-,19-/m1/s1. The maximum absolute atomic E-state index is 12.1. The van der Waals surface area contributed by atoms with Crippen molar-refractivity contribution in [2.45, 2.75) is 52.1 Å². The number of piperidine rings is 1. The Kier molecular flexibility index (Phi) is 5.57. The third kappa shape index (κ3) is 3.81. The number of β-amino-alcohol motifs (C(OH)–C–C–N with tert-alkyl or cyclic N) is 1. The fraction of sp³-hybridized carbons (Fsp3) is 0.650. The maximum atomic E-state index is 12.1. The zero-order valence-corrected chi connectivity index (χ0v) is 15.0. The number of rotatable bonds is 4. The number of hydrogen-bond donors (Lipinski definition) is 1. The van der Waals surface area contributed by atoms with E-state index < -0.39 is 6.10 Å². The highest BCUT2D eigenvalue weighted by Crippen LogP contribution is 2.31. The van der Waals surface area contributed by atoms with Gasteiger partial charge in [-0.25, -0.2) is 0 Å². The van der Waals surface area contributed by atoms with E-state index in [4.69, 9.17) is 0 Å². The molecule has 1 saturated heterocycles. The van der Waals surface area contributed by atoms with Crippen molar-refractivity contribution in [3.8, 4) is 0 Å². The number of likely N-dealkylation sites (tertiary alicyclic amines) is 1. The highest BCUT2D eigenvalue weighted by Gasteiger charge is 2.24. The van der Waals surface area contributed by atoms with E-state index in [2.05, 4.69) is 17.9 Å². The Morgan fingerprint density at radius 3 is 2.92 bits per heavy atom. The molecule has 2 aliphatic rings. The highest BCUT2D eigenvalue weighted by atomic mass is 16.3. The van der Waals surface area contributed by atoms with Crippen molar-refractivity contribution in [2.75, 3.05) is 31.1 Å². The quantitative estimate of drug-likeness (QED) is 0.922. The average molecular weight is 330 g/mol. The molecule has 2 atom stereocenters. The molecule has 4 nitrogen and oxygen atoms in total. The zero-order chi connectivity index (χ0) is 17.1. The van der Waals surface area contributed by atoms with Gasteiger partial charge in [-0.2, -0.15) is 0 Å². The number of aliphatic hydroxyl groups excluding tert-OH is 1. The second-order valence-corrected chi connectivity index (χ2v) is 7.41. The summed E-state index contributed by atoms with van der Waals surface area (Å²) in [5, 5.41) is 10.7. The molecule has 1 N–H and O–H groups in total. The summed E-state index contributed by atoms with van der Waals surface area (Å²) in [4.78, 5) is 16.4. The van der Waals surface area contributed by atoms with Crippen LogP contribution >= 0.6 is 0 Å². The molecule has 1 fully saturated rings. The highest BCUT2D eigenvalue weighted by molar-refractivity contribution is 5.94. The Hall–Kier alpha value is -1.39. The second-order valence-electron chi connectivity index (χ2n) is 7.41. The number of carbonyl (C=O) groups excluding carboxylic acids is 1. The molecule has 0 saturated carbocycles. The number of benzene rings is 1. The van der Waals surface area contributed by atoms with Crippen molar-refractivity contribution in [1.29, 1.82) is 0 Å². The summed E-state index contributed by atoms with van der Waals surface area (Å²) in [6.07, 6.45) is 4.61. The largest absolute Gasteiger partial charge is 0.387 e. The fourth-order valence-corrected chi connectivity index (χ4v) is 4.08. The van der Waals surface area contributed by atoms with E-state index in [9.17, 15) is 9.90 Å². The predicted molar refractivity (Wildman–Crippen MR) is 97.2 cm³/mol. The lowest BCUT2D eigenvalue weighted by Gasteiger charge is -2.33. The molecule has 2 aliphatic heterocycles. The van der Waals surface area contributed by atoms with Crippen molar-refractivity contribution in [3.05, 3.63) is 29.3 Å². The van der Waals surface area contributed by atoms with Crippen molar-refractivity contribution >= 4 is 11.6 Å². The van der Waals surface area contributed by atoms with Gasteiger partial charge in [-0.05, 0) is 55.3 Å². The van der Waals surface area contributed by atoms with Crippen LogP contribution in [0.15, 0.2) is 18.2 Å². The van der Waals surface area contributed by atoms with Gasteiger partial charge in [-0.3, -0.25) is 4.79 Å². The van der Waals surface area contributed by atoms with E-state index in [0.29, 0.717) is 13.0 Å². The molecule has 4 heteroatoms. The summed E-state index contributed by atoms with van der Waals surface area (Å²) in [6, 6.07) is 6.14. The number of fused-ring (bicyclic) bond motifs is 1. The Bertz CT molecular complexity index is 587. The van der Waals surface area contributed by atoms with Gasteiger partial charge in [0.25, 0.3) is 0 Å².